The maximum absolute atomic E-state index is 14.7. The fourth-order valence-electron chi connectivity index (χ4n) is 3.13. The van der Waals surface area contributed by atoms with E-state index in [1.165, 1.54) is 30.0 Å². The summed E-state index contributed by atoms with van der Waals surface area (Å²) in [6, 6.07) is 5.32. The second-order valence-electron chi connectivity index (χ2n) is 6.64. The number of benzene rings is 1. The standard InChI is InChI=1S/C17H21F2N3O/c1-10(21)16(23)22-14(17(2,3)9-20)8-13(19)15(22)11-5-4-6-12(18)7-11/h4-7,10,13-15H,8,21H2,1-3H3/t10?,13-,14+,15+/m0/s1. The molecule has 0 aromatic heterocycles. The number of hydrogen-bond acceptors (Lipinski definition) is 3. The molecule has 1 aliphatic heterocycles. The number of halogens is 2. The van der Waals surface area contributed by atoms with Crippen LogP contribution in [0.3, 0.4) is 0 Å². The van der Waals surface area contributed by atoms with Crippen LogP contribution in [0.1, 0.15) is 38.8 Å². The minimum Gasteiger partial charge on any atom is -0.327 e. The average Bonchev–Trinajstić information content (AvgIpc) is 2.84. The fraction of sp³-hybridized carbons (Fsp3) is 0.529. The van der Waals surface area contributed by atoms with E-state index in [2.05, 4.69) is 6.07 Å². The lowest BCUT2D eigenvalue weighted by atomic mass is 9.84. The largest absolute Gasteiger partial charge is 0.327 e. The van der Waals surface area contributed by atoms with Crippen LogP contribution in [0.2, 0.25) is 0 Å². The molecule has 1 aliphatic rings. The summed E-state index contributed by atoms with van der Waals surface area (Å²) in [4.78, 5) is 13.9. The van der Waals surface area contributed by atoms with E-state index in [0.717, 1.165) is 0 Å². The lowest BCUT2D eigenvalue weighted by Crippen LogP contribution is -2.50. The van der Waals surface area contributed by atoms with Crippen molar-refractivity contribution in [3.8, 4) is 6.07 Å². The van der Waals surface area contributed by atoms with Crippen LogP contribution in [0.5, 0.6) is 0 Å². The van der Waals surface area contributed by atoms with E-state index in [-0.39, 0.29) is 6.42 Å². The first-order valence-corrected chi connectivity index (χ1v) is 7.57. The normalized spacial score (nSPS) is 26.0. The summed E-state index contributed by atoms with van der Waals surface area (Å²) >= 11 is 0. The number of carbonyl (C=O) groups is 1. The topological polar surface area (TPSA) is 70.1 Å². The molecular formula is C17H21F2N3O. The molecule has 1 saturated heterocycles. The van der Waals surface area contributed by atoms with Gasteiger partial charge in [0.1, 0.15) is 12.0 Å². The van der Waals surface area contributed by atoms with Crippen molar-refractivity contribution in [2.24, 2.45) is 11.1 Å². The second-order valence-corrected chi connectivity index (χ2v) is 6.64. The first kappa shape index (κ1) is 17.4. The highest BCUT2D eigenvalue weighted by Gasteiger charge is 2.51. The lowest BCUT2D eigenvalue weighted by molar-refractivity contribution is -0.137. The quantitative estimate of drug-likeness (QED) is 0.930. The van der Waals surface area contributed by atoms with Crippen molar-refractivity contribution >= 4 is 5.91 Å². The van der Waals surface area contributed by atoms with Gasteiger partial charge in [-0.15, -0.1) is 0 Å². The predicted molar refractivity (Wildman–Crippen MR) is 82.3 cm³/mol. The van der Waals surface area contributed by atoms with E-state index in [1.54, 1.807) is 19.9 Å². The Bertz CT molecular complexity index is 639. The van der Waals surface area contributed by atoms with Crippen molar-refractivity contribution in [2.75, 3.05) is 0 Å². The highest BCUT2D eigenvalue weighted by molar-refractivity contribution is 5.82. The van der Waals surface area contributed by atoms with E-state index < -0.39 is 41.4 Å². The van der Waals surface area contributed by atoms with Crippen LogP contribution in [-0.2, 0) is 4.79 Å². The number of rotatable bonds is 3. The van der Waals surface area contributed by atoms with Crippen LogP contribution in [-0.4, -0.2) is 29.1 Å². The summed E-state index contributed by atoms with van der Waals surface area (Å²) in [6.45, 7) is 4.85. The summed E-state index contributed by atoms with van der Waals surface area (Å²) < 4.78 is 28.3. The van der Waals surface area contributed by atoms with Crippen molar-refractivity contribution < 1.29 is 13.6 Å². The molecule has 0 radical (unpaired) electrons. The van der Waals surface area contributed by atoms with Crippen LogP contribution >= 0.6 is 0 Å². The summed E-state index contributed by atoms with van der Waals surface area (Å²) in [5.41, 5.74) is 5.15. The molecule has 0 bridgehead atoms. The van der Waals surface area contributed by atoms with Gasteiger partial charge in [0.05, 0.1) is 29.6 Å². The molecule has 1 aromatic rings. The van der Waals surface area contributed by atoms with Crippen LogP contribution in [0.4, 0.5) is 8.78 Å². The van der Waals surface area contributed by atoms with Crippen molar-refractivity contribution in [3.05, 3.63) is 35.6 Å². The van der Waals surface area contributed by atoms with Gasteiger partial charge in [0, 0.05) is 6.42 Å². The van der Waals surface area contributed by atoms with E-state index in [9.17, 15) is 18.8 Å². The molecule has 23 heavy (non-hydrogen) atoms. The average molecular weight is 321 g/mol. The molecule has 4 atom stereocenters. The zero-order valence-corrected chi connectivity index (χ0v) is 13.5. The lowest BCUT2D eigenvalue weighted by Gasteiger charge is -2.37. The molecule has 0 spiro atoms. The van der Waals surface area contributed by atoms with E-state index in [4.69, 9.17) is 5.73 Å². The Kier molecular flexibility index (Phi) is 4.71. The Morgan fingerprint density at radius 1 is 1.52 bits per heavy atom. The number of nitrogens with two attached hydrogens (primary N) is 1. The van der Waals surface area contributed by atoms with Gasteiger partial charge in [0.25, 0.3) is 0 Å². The first-order chi connectivity index (χ1) is 10.7. The van der Waals surface area contributed by atoms with Gasteiger partial charge < -0.3 is 10.6 Å². The molecule has 4 nitrogen and oxygen atoms in total. The number of hydrogen-bond donors (Lipinski definition) is 1. The predicted octanol–water partition coefficient (Wildman–Crippen LogP) is 2.70. The fourth-order valence-corrected chi connectivity index (χ4v) is 3.13. The molecule has 0 saturated carbocycles. The molecule has 1 unspecified atom stereocenters. The number of nitriles is 1. The number of likely N-dealkylation sites (tertiary alicyclic amines) is 1. The zero-order chi connectivity index (χ0) is 17.4. The molecule has 1 fully saturated rings. The van der Waals surface area contributed by atoms with E-state index >= 15 is 0 Å². The maximum atomic E-state index is 14.7. The molecule has 0 aliphatic carbocycles. The monoisotopic (exact) mass is 321 g/mol. The number of carbonyl (C=O) groups excluding carboxylic acids is 1. The van der Waals surface area contributed by atoms with Gasteiger partial charge in [-0.2, -0.15) is 5.26 Å². The van der Waals surface area contributed by atoms with Crippen LogP contribution < -0.4 is 5.73 Å². The van der Waals surface area contributed by atoms with Gasteiger partial charge in [-0.25, -0.2) is 8.78 Å². The summed E-state index contributed by atoms with van der Waals surface area (Å²) in [6.07, 6.45) is -1.35. The smallest absolute Gasteiger partial charge is 0.240 e. The zero-order valence-electron chi connectivity index (χ0n) is 13.5. The van der Waals surface area contributed by atoms with E-state index in [0.29, 0.717) is 5.56 Å². The number of alkyl halides is 1. The van der Waals surface area contributed by atoms with Crippen molar-refractivity contribution in [1.29, 1.82) is 5.26 Å². The number of nitrogens with zero attached hydrogens (tertiary/aromatic N) is 2. The summed E-state index contributed by atoms with van der Waals surface area (Å²) in [7, 11) is 0. The van der Waals surface area contributed by atoms with Gasteiger partial charge in [-0.05, 0) is 38.5 Å². The Balaban J connectivity index is 2.51. The third kappa shape index (κ3) is 3.20. The van der Waals surface area contributed by atoms with Crippen LogP contribution in [0.25, 0.3) is 0 Å². The SMILES string of the molecule is CC(N)C(=O)N1[C@H](c2cccc(F)c2)[C@@H](F)C[C@@H]1C(C)(C)C#N. The molecule has 1 aromatic carbocycles. The van der Waals surface area contributed by atoms with Crippen molar-refractivity contribution in [3.63, 3.8) is 0 Å². The number of amides is 1. The molecule has 1 heterocycles. The third-order valence-electron chi connectivity index (χ3n) is 4.38. The molecule has 2 N–H and O–H groups in total. The van der Waals surface area contributed by atoms with Crippen molar-refractivity contribution in [2.45, 2.75) is 51.5 Å². The Morgan fingerprint density at radius 3 is 2.70 bits per heavy atom. The van der Waals surface area contributed by atoms with E-state index in [1.807, 2.05) is 0 Å². The summed E-state index contributed by atoms with van der Waals surface area (Å²) in [5, 5.41) is 9.38. The van der Waals surface area contributed by atoms with Crippen molar-refractivity contribution in [1.82, 2.24) is 4.90 Å². The Labute approximate surface area is 134 Å². The molecule has 124 valence electrons. The Hall–Kier alpha value is -2.00. The van der Waals surface area contributed by atoms with Gasteiger partial charge in [-0.3, -0.25) is 4.79 Å². The molecular weight excluding hydrogens is 300 g/mol. The van der Waals surface area contributed by atoms with Gasteiger partial charge in [0.2, 0.25) is 5.91 Å². The third-order valence-corrected chi connectivity index (χ3v) is 4.38. The molecule has 6 heteroatoms. The minimum absolute atomic E-state index is 0.0280. The summed E-state index contributed by atoms with van der Waals surface area (Å²) in [5.74, 6) is -0.932. The first-order valence-electron chi connectivity index (χ1n) is 7.57. The van der Waals surface area contributed by atoms with Crippen LogP contribution in [0.15, 0.2) is 24.3 Å². The molecule has 1 amide bonds. The minimum atomic E-state index is -1.38. The molecule has 2 rings (SSSR count). The van der Waals surface area contributed by atoms with Gasteiger partial charge in [0.15, 0.2) is 0 Å². The highest BCUT2D eigenvalue weighted by Crippen LogP contribution is 2.45. The second kappa shape index (κ2) is 6.25. The Morgan fingerprint density at radius 2 is 2.17 bits per heavy atom. The van der Waals surface area contributed by atoms with Gasteiger partial charge in [-0.1, -0.05) is 12.1 Å². The van der Waals surface area contributed by atoms with Gasteiger partial charge >= 0.3 is 0 Å². The maximum Gasteiger partial charge on any atom is 0.240 e. The highest BCUT2D eigenvalue weighted by atomic mass is 19.1. The van der Waals surface area contributed by atoms with Crippen LogP contribution in [0, 0.1) is 22.6 Å².